The summed E-state index contributed by atoms with van der Waals surface area (Å²) in [6, 6.07) is 14.1. The zero-order chi connectivity index (χ0) is 20.9. The van der Waals surface area contributed by atoms with Crippen molar-refractivity contribution in [3.8, 4) is 22.4 Å². The van der Waals surface area contributed by atoms with Crippen LogP contribution in [0.2, 0.25) is 0 Å². The van der Waals surface area contributed by atoms with Gasteiger partial charge in [0.15, 0.2) is 0 Å². The summed E-state index contributed by atoms with van der Waals surface area (Å²) >= 11 is 0. The molecular weight excluding hydrogens is 389 g/mol. The highest BCUT2D eigenvalue weighted by Crippen LogP contribution is 2.47. The third kappa shape index (κ3) is 2.97. The standard InChI is InChI=1S/C25H24FN5/c1-29-15-19(13-28-29)18-4-2-5-20(12-18)30-10-8-17(9-11-30)25-24-21(6-3-7-22(24)26)23-14-27-16-31(23)25/h2-7,12-17,25H,8-11H2,1H3. The molecule has 1 fully saturated rings. The van der Waals surface area contributed by atoms with Gasteiger partial charge in [0.1, 0.15) is 5.82 Å². The Kier molecular flexibility index (Phi) is 4.19. The van der Waals surface area contributed by atoms with Crippen LogP contribution in [0.5, 0.6) is 0 Å². The first-order valence-corrected chi connectivity index (χ1v) is 10.8. The number of aromatic nitrogens is 4. The summed E-state index contributed by atoms with van der Waals surface area (Å²) < 4.78 is 18.8. The van der Waals surface area contributed by atoms with E-state index in [1.807, 2.05) is 42.7 Å². The zero-order valence-corrected chi connectivity index (χ0v) is 17.4. The topological polar surface area (TPSA) is 38.9 Å². The second kappa shape index (κ2) is 7.08. The Balaban J connectivity index is 1.24. The zero-order valence-electron chi connectivity index (χ0n) is 17.4. The van der Waals surface area contributed by atoms with Crippen molar-refractivity contribution in [2.75, 3.05) is 18.0 Å². The highest BCUT2D eigenvalue weighted by molar-refractivity contribution is 5.70. The summed E-state index contributed by atoms with van der Waals surface area (Å²) in [5.41, 5.74) is 6.42. The monoisotopic (exact) mass is 413 g/mol. The number of piperidine rings is 1. The molecule has 2 aliphatic rings. The van der Waals surface area contributed by atoms with Gasteiger partial charge in [-0.3, -0.25) is 4.68 Å². The van der Waals surface area contributed by atoms with Gasteiger partial charge in [0, 0.05) is 48.7 Å². The number of aryl methyl sites for hydroxylation is 1. The van der Waals surface area contributed by atoms with Crippen molar-refractivity contribution in [3.05, 3.63) is 78.8 Å². The molecule has 2 aliphatic heterocycles. The van der Waals surface area contributed by atoms with Crippen molar-refractivity contribution in [1.82, 2.24) is 19.3 Å². The van der Waals surface area contributed by atoms with Crippen molar-refractivity contribution in [3.63, 3.8) is 0 Å². The van der Waals surface area contributed by atoms with Gasteiger partial charge in [0.2, 0.25) is 0 Å². The van der Waals surface area contributed by atoms with Crippen LogP contribution in [0.4, 0.5) is 10.1 Å². The maximum atomic E-state index is 14.8. The Morgan fingerprint density at radius 2 is 1.84 bits per heavy atom. The Labute approximate surface area is 180 Å². The molecule has 0 spiro atoms. The van der Waals surface area contributed by atoms with Gasteiger partial charge in [0.25, 0.3) is 0 Å². The number of imidazole rings is 1. The summed E-state index contributed by atoms with van der Waals surface area (Å²) in [5.74, 6) is 0.293. The van der Waals surface area contributed by atoms with Gasteiger partial charge < -0.3 is 9.47 Å². The molecule has 5 nitrogen and oxygen atoms in total. The maximum absolute atomic E-state index is 14.8. The van der Waals surface area contributed by atoms with E-state index in [9.17, 15) is 4.39 Å². The second-order valence-corrected chi connectivity index (χ2v) is 8.61. The first-order valence-electron chi connectivity index (χ1n) is 10.8. The van der Waals surface area contributed by atoms with Gasteiger partial charge in [-0.25, -0.2) is 9.37 Å². The van der Waals surface area contributed by atoms with Crippen LogP contribution in [0.15, 0.2) is 67.4 Å². The molecule has 1 unspecified atom stereocenters. The van der Waals surface area contributed by atoms with Crippen LogP contribution >= 0.6 is 0 Å². The van der Waals surface area contributed by atoms with Crippen LogP contribution in [0.3, 0.4) is 0 Å². The number of hydrogen-bond donors (Lipinski definition) is 0. The number of rotatable bonds is 3. The minimum absolute atomic E-state index is 0.0394. The van der Waals surface area contributed by atoms with Crippen LogP contribution in [-0.4, -0.2) is 32.4 Å². The summed E-state index contributed by atoms with van der Waals surface area (Å²) in [5, 5.41) is 4.29. The molecule has 4 heterocycles. The number of benzene rings is 2. The SMILES string of the molecule is Cn1cc(-c2cccc(N3CCC(C4c5c(F)cccc5-c5cncn54)CC3)c2)cn1. The van der Waals surface area contributed by atoms with E-state index in [1.165, 1.54) is 11.3 Å². The lowest BCUT2D eigenvalue weighted by Crippen LogP contribution is -2.36. The third-order valence-electron chi connectivity index (χ3n) is 6.83. The molecule has 156 valence electrons. The first kappa shape index (κ1) is 18.4. The molecule has 6 heteroatoms. The Morgan fingerprint density at radius 3 is 2.65 bits per heavy atom. The van der Waals surface area contributed by atoms with Crippen LogP contribution in [-0.2, 0) is 7.05 Å². The van der Waals surface area contributed by atoms with Gasteiger partial charge >= 0.3 is 0 Å². The molecule has 0 bridgehead atoms. The van der Waals surface area contributed by atoms with Crippen molar-refractivity contribution < 1.29 is 4.39 Å². The highest BCUT2D eigenvalue weighted by Gasteiger charge is 2.37. The summed E-state index contributed by atoms with van der Waals surface area (Å²) in [6.45, 7) is 1.93. The normalized spacial score (nSPS) is 18.3. The van der Waals surface area contributed by atoms with Crippen molar-refractivity contribution in [2.45, 2.75) is 18.9 Å². The van der Waals surface area contributed by atoms with E-state index in [1.54, 1.807) is 12.1 Å². The molecule has 0 saturated carbocycles. The Morgan fingerprint density at radius 1 is 1.00 bits per heavy atom. The van der Waals surface area contributed by atoms with E-state index in [-0.39, 0.29) is 11.9 Å². The molecule has 6 rings (SSSR count). The molecule has 1 saturated heterocycles. The predicted molar refractivity (Wildman–Crippen MR) is 119 cm³/mol. The lowest BCUT2D eigenvalue weighted by molar-refractivity contribution is 0.312. The van der Waals surface area contributed by atoms with Crippen molar-refractivity contribution >= 4 is 5.69 Å². The molecule has 2 aromatic carbocycles. The van der Waals surface area contributed by atoms with Gasteiger partial charge in [-0.15, -0.1) is 0 Å². The van der Waals surface area contributed by atoms with Crippen LogP contribution < -0.4 is 4.90 Å². The quantitative estimate of drug-likeness (QED) is 0.479. The fourth-order valence-electron chi connectivity index (χ4n) is 5.32. The molecule has 0 radical (unpaired) electrons. The fraction of sp³-hybridized carbons (Fsp3) is 0.280. The number of halogens is 1. The molecular formula is C25H24FN5. The lowest BCUT2D eigenvalue weighted by atomic mass is 9.85. The molecule has 31 heavy (non-hydrogen) atoms. The minimum atomic E-state index is -0.0993. The van der Waals surface area contributed by atoms with E-state index in [4.69, 9.17) is 0 Å². The average Bonchev–Trinajstić information content (AvgIpc) is 3.51. The van der Waals surface area contributed by atoms with Crippen LogP contribution in [0.25, 0.3) is 22.4 Å². The number of nitrogens with zero attached hydrogens (tertiary/aromatic N) is 5. The summed E-state index contributed by atoms with van der Waals surface area (Å²) in [7, 11) is 1.94. The van der Waals surface area contributed by atoms with Gasteiger partial charge in [-0.1, -0.05) is 24.3 Å². The van der Waals surface area contributed by atoms with Crippen LogP contribution in [0, 0.1) is 11.7 Å². The second-order valence-electron chi connectivity index (χ2n) is 8.61. The minimum Gasteiger partial charge on any atom is -0.371 e. The van der Waals surface area contributed by atoms with Gasteiger partial charge in [0.05, 0.1) is 30.5 Å². The first-order chi connectivity index (χ1) is 15.2. The van der Waals surface area contributed by atoms with Gasteiger partial charge in [-0.2, -0.15) is 5.10 Å². The largest absolute Gasteiger partial charge is 0.371 e. The molecule has 2 aromatic heterocycles. The molecule has 0 N–H and O–H groups in total. The number of hydrogen-bond acceptors (Lipinski definition) is 3. The van der Waals surface area contributed by atoms with Crippen LogP contribution in [0.1, 0.15) is 24.4 Å². The van der Waals surface area contributed by atoms with E-state index in [0.717, 1.165) is 48.3 Å². The molecule has 1 atom stereocenters. The highest BCUT2D eigenvalue weighted by atomic mass is 19.1. The van der Waals surface area contributed by atoms with E-state index >= 15 is 0 Å². The lowest BCUT2D eigenvalue weighted by Gasteiger charge is -2.37. The summed E-state index contributed by atoms with van der Waals surface area (Å²) in [6.07, 6.45) is 9.71. The molecule has 0 amide bonds. The molecule has 0 aliphatic carbocycles. The van der Waals surface area contributed by atoms with E-state index in [2.05, 4.69) is 43.8 Å². The maximum Gasteiger partial charge on any atom is 0.129 e. The average molecular weight is 414 g/mol. The summed E-state index contributed by atoms with van der Waals surface area (Å²) in [4.78, 5) is 6.79. The Bertz CT molecular complexity index is 1250. The Hall–Kier alpha value is -3.41. The smallest absolute Gasteiger partial charge is 0.129 e. The van der Waals surface area contributed by atoms with E-state index < -0.39 is 0 Å². The fourth-order valence-corrected chi connectivity index (χ4v) is 5.32. The number of anilines is 1. The number of fused-ring (bicyclic) bond motifs is 3. The van der Waals surface area contributed by atoms with Crippen molar-refractivity contribution in [1.29, 1.82) is 0 Å². The van der Waals surface area contributed by atoms with Gasteiger partial charge in [-0.05, 0) is 42.5 Å². The molecule has 4 aromatic rings. The van der Waals surface area contributed by atoms with E-state index in [0.29, 0.717) is 5.92 Å². The van der Waals surface area contributed by atoms with Crippen molar-refractivity contribution in [2.24, 2.45) is 13.0 Å². The third-order valence-corrected chi connectivity index (χ3v) is 6.83. The predicted octanol–water partition coefficient (Wildman–Crippen LogP) is 4.91.